The molecular formula is C10H9NO3S. The van der Waals surface area contributed by atoms with Crippen molar-refractivity contribution in [3.05, 3.63) is 29.3 Å². The average Bonchev–Trinajstić information content (AvgIpc) is 2.73. The van der Waals surface area contributed by atoms with Crippen molar-refractivity contribution in [1.82, 2.24) is 4.98 Å². The predicted molar refractivity (Wildman–Crippen MR) is 56.6 cm³/mol. The minimum Gasteiger partial charge on any atom is -0.467 e. The summed E-state index contributed by atoms with van der Waals surface area (Å²) in [6, 6.07) is 5.21. The Morgan fingerprint density at radius 1 is 1.60 bits per heavy atom. The Bertz CT molecular complexity index is 494. The van der Waals surface area contributed by atoms with Crippen molar-refractivity contribution in [2.75, 3.05) is 7.11 Å². The van der Waals surface area contributed by atoms with Gasteiger partial charge < -0.3 is 9.84 Å². The number of carbonyl (C=O) groups is 1. The van der Waals surface area contributed by atoms with Crippen LogP contribution < -0.4 is 0 Å². The van der Waals surface area contributed by atoms with Crippen LogP contribution in [0.5, 0.6) is 0 Å². The average molecular weight is 223 g/mol. The first-order valence-electron chi connectivity index (χ1n) is 4.31. The zero-order chi connectivity index (χ0) is 10.8. The van der Waals surface area contributed by atoms with Crippen LogP contribution in [0.15, 0.2) is 23.7 Å². The van der Waals surface area contributed by atoms with Crippen LogP contribution in [0.1, 0.15) is 11.7 Å². The normalized spacial score (nSPS) is 12.7. The number of aromatic nitrogens is 1. The first-order chi connectivity index (χ1) is 7.22. The standard InChI is InChI=1S/C10H9NO3S/c1-14-10(13)9(12)6-2-3-8-7(4-6)11-5-15-8/h2-5,9,12H,1H3. The molecule has 1 atom stereocenters. The van der Waals surface area contributed by atoms with Gasteiger partial charge >= 0.3 is 5.97 Å². The van der Waals surface area contributed by atoms with E-state index in [0.717, 1.165) is 10.2 Å². The summed E-state index contributed by atoms with van der Waals surface area (Å²) in [5.74, 6) is -0.662. The van der Waals surface area contributed by atoms with Gasteiger partial charge in [-0.25, -0.2) is 9.78 Å². The second kappa shape index (κ2) is 3.96. The Balaban J connectivity index is 2.39. The van der Waals surface area contributed by atoms with E-state index >= 15 is 0 Å². The zero-order valence-electron chi connectivity index (χ0n) is 8.01. The van der Waals surface area contributed by atoms with Gasteiger partial charge in [-0.3, -0.25) is 0 Å². The maximum Gasteiger partial charge on any atom is 0.339 e. The van der Waals surface area contributed by atoms with Crippen LogP contribution in [0.3, 0.4) is 0 Å². The summed E-state index contributed by atoms with van der Waals surface area (Å²) in [4.78, 5) is 15.2. The smallest absolute Gasteiger partial charge is 0.339 e. The molecule has 1 unspecified atom stereocenters. The second-order valence-electron chi connectivity index (χ2n) is 3.01. The van der Waals surface area contributed by atoms with E-state index in [4.69, 9.17) is 0 Å². The Morgan fingerprint density at radius 3 is 3.13 bits per heavy atom. The molecule has 0 amide bonds. The van der Waals surface area contributed by atoms with Crippen molar-refractivity contribution in [2.45, 2.75) is 6.10 Å². The molecule has 0 fully saturated rings. The van der Waals surface area contributed by atoms with Crippen LogP contribution >= 0.6 is 11.3 Å². The van der Waals surface area contributed by atoms with Crippen molar-refractivity contribution in [3.8, 4) is 0 Å². The van der Waals surface area contributed by atoms with Crippen molar-refractivity contribution in [1.29, 1.82) is 0 Å². The Kier molecular flexibility index (Phi) is 2.66. The predicted octanol–water partition coefficient (Wildman–Crippen LogP) is 1.50. The van der Waals surface area contributed by atoms with Crippen LogP contribution in [-0.2, 0) is 9.53 Å². The third-order valence-electron chi connectivity index (χ3n) is 2.09. The maximum atomic E-state index is 11.1. The van der Waals surface area contributed by atoms with Crippen molar-refractivity contribution < 1.29 is 14.6 Å². The highest BCUT2D eigenvalue weighted by Crippen LogP contribution is 2.22. The molecule has 0 spiro atoms. The number of methoxy groups -OCH3 is 1. The van der Waals surface area contributed by atoms with E-state index in [1.54, 1.807) is 17.6 Å². The molecular weight excluding hydrogens is 214 g/mol. The quantitative estimate of drug-likeness (QED) is 0.784. The summed E-state index contributed by atoms with van der Waals surface area (Å²) in [5.41, 5.74) is 3.00. The van der Waals surface area contributed by atoms with Crippen LogP contribution in [0, 0.1) is 0 Å². The highest BCUT2D eigenvalue weighted by molar-refractivity contribution is 7.16. The molecule has 0 radical (unpaired) electrons. The van der Waals surface area contributed by atoms with Crippen LogP contribution in [-0.4, -0.2) is 23.2 Å². The summed E-state index contributed by atoms with van der Waals surface area (Å²) in [7, 11) is 1.24. The zero-order valence-corrected chi connectivity index (χ0v) is 8.82. The summed E-state index contributed by atoms with van der Waals surface area (Å²) in [5, 5.41) is 9.59. The van der Waals surface area contributed by atoms with Gasteiger partial charge in [0, 0.05) is 0 Å². The number of rotatable bonds is 2. The molecule has 0 aliphatic rings. The molecule has 0 aliphatic heterocycles. The number of nitrogens with zero attached hydrogens (tertiary/aromatic N) is 1. The number of benzene rings is 1. The Labute approximate surface area is 90.1 Å². The molecule has 1 aromatic carbocycles. The van der Waals surface area contributed by atoms with Gasteiger partial charge in [0.2, 0.25) is 0 Å². The molecule has 0 bridgehead atoms. The molecule has 0 saturated heterocycles. The molecule has 1 heterocycles. The van der Waals surface area contributed by atoms with E-state index < -0.39 is 12.1 Å². The number of thiazole rings is 1. The lowest BCUT2D eigenvalue weighted by molar-refractivity contribution is -0.150. The minimum absolute atomic E-state index is 0.500. The number of esters is 1. The SMILES string of the molecule is COC(=O)C(O)c1ccc2scnc2c1. The van der Waals surface area contributed by atoms with Gasteiger partial charge in [-0.2, -0.15) is 0 Å². The van der Waals surface area contributed by atoms with Crippen LogP contribution in [0.2, 0.25) is 0 Å². The van der Waals surface area contributed by atoms with Gasteiger partial charge in [-0.05, 0) is 17.7 Å². The Morgan fingerprint density at radius 2 is 2.40 bits per heavy atom. The molecule has 0 aliphatic carbocycles. The number of hydrogen-bond acceptors (Lipinski definition) is 5. The van der Waals surface area contributed by atoms with Gasteiger partial charge in [-0.1, -0.05) is 6.07 Å². The first-order valence-corrected chi connectivity index (χ1v) is 5.19. The summed E-state index contributed by atoms with van der Waals surface area (Å²) < 4.78 is 5.48. The lowest BCUT2D eigenvalue weighted by atomic mass is 10.1. The topological polar surface area (TPSA) is 59.4 Å². The van der Waals surface area contributed by atoms with Gasteiger partial charge in [-0.15, -0.1) is 11.3 Å². The molecule has 15 heavy (non-hydrogen) atoms. The van der Waals surface area contributed by atoms with E-state index in [9.17, 15) is 9.90 Å². The van der Waals surface area contributed by atoms with E-state index in [1.807, 2.05) is 6.07 Å². The van der Waals surface area contributed by atoms with Gasteiger partial charge in [0.25, 0.3) is 0 Å². The molecule has 2 aromatic rings. The lowest BCUT2D eigenvalue weighted by Gasteiger charge is -2.07. The molecule has 78 valence electrons. The van der Waals surface area contributed by atoms with Crippen LogP contribution in [0.4, 0.5) is 0 Å². The fraction of sp³-hybridized carbons (Fsp3) is 0.200. The highest BCUT2D eigenvalue weighted by Gasteiger charge is 2.18. The van der Waals surface area contributed by atoms with Crippen molar-refractivity contribution in [3.63, 3.8) is 0 Å². The largest absolute Gasteiger partial charge is 0.467 e. The third kappa shape index (κ3) is 1.84. The number of carbonyl (C=O) groups excluding carboxylic acids is 1. The van der Waals surface area contributed by atoms with E-state index in [2.05, 4.69) is 9.72 Å². The number of fused-ring (bicyclic) bond motifs is 1. The molecule has 4 nitrogen and oxygen atoms in total. The number of ether oxygens (including phenoxy) is 1. The van der Waals surface area contributed by atoms with Crippen molar-refractivity contribution >= 4 is 27.5 Å². The minimum atomic E-state index is -1.24. The highest BCUT2D eigenvalue weighted by atomic mass is 32.1. The van der Waals surface area contributed by atoms with Gasteiger partial charge in [0.05, 0.1) is 22.8 Å². The molecule has 5 heteroatoms. The summed E-state index contributed by atoms with van der Waals surface area (Å²) >= 11 is 1.51. The van der Waals surface area contributed by atoms with E-state index in [-0.39, 0.29) is 0 Å². The van der Waals surface area contributed by atoms with Gasteiger partial charge in [0.1, 0.15) is 0 Å². The fourth-order valence-electron chi connectivity index (χ4n) is 1.29. The maximum absolute atomic E-state index is 11.1. The molecule has 2 rings (SSSR count). The molecule has 1 N–H and O–H groups in total. The fourth-order valence-corrected chi connectivity index (χ4v) is 1.95. The number of aliphatic hydroxyl groups excluding tert-OH is 1. The first kappa shape index (κ1) is 10.1. The second-order valence-corrected chi connectivity index (χ2v) is 3.89. The Hall–Kier alpha value is -1.46. The van der Waals surface area contributed by atoms with E-state index in [0.29, 0.717) is 5.56 Å². The van der Waals surface area contributed by atoms with Gasteiger partial charge in [0.15, 0.2) is 6.10 Å². The summed E-state index contributed by atoms with van der Waals surface area (Å²) in [6.07, 6.45) is -1.24. The lowest BCUT2D eigenvalue weighted by Crippen LogP contribution is -2.13. The van der Waals surface area contributed by atoms with Crippen LogP contribution in [0.25, 0.3) is 10.2 Å². The van der Waals surface area contributed by atoms with E-state index in [1.165, 1.54) is 18.4 Å². The molecule has 0 saturated carbocycles. The number of hydrogen-bond donors (Lipinski definition) is 1. The van der Waals surface area contributed by atoms with Crippen molar-refractivity contribution in [2.24, 2.45) is 0 Å². The monoisotopic (exact) mass is 223 g/mol. The molecule has 1 aromatic heterocycles. The number of aliphatic hydroxyl groups is 1. The summed E-state index contributed by atoms with van der Waals surface area (Å²) in [6.45, 7) is 0. The third-order valence-corrected chi connectivity index (χ3v) is 2.90.